The Kier molecular flexibility index (Phi) is 4.46. The number of hydrogen-bond acceptors (Lipinski definition) is 3. The summed E-state index contributed by atoms with van der Waals surface area (Å²) in [5.41, 5.74) is 1.36. The SMILES string of the molecule is CN1CCCCN2C(CO)C(c3ccc(Br)cc3)C2C1. The van der Waals surface area contributed by atoms with Gasteiger partial charge in [-0.1, -0.05) is 28.1 Å². The van der Waals surface area contributed by atoms with Crippen molar-refractivity contribution in [2.75, 3.05) is 33.3 Å². The van der Waals surface area contributed by atoms with Crippen molar-refractivity contribution in [3.63, 3.8) is 0 Å². The second-order valence-corrected chi connectivity index (χ2v) is 7.02. The minimum Gasteiger partial charge on any atom is -0.395 e. The van der Waals surface area contributed by atoms with E-state index in [2.05, 4.69) is 57.0 Å². The van der Waals surface area contributed by atoms with Gasteiger partial charge in [-0.25, -0.2) is 0 Å². The van der Waals surface area contributed by atoms with Gasteiger partial charge in [-0.15, -0.1) is 0 Å². The van der Waals surface area contributed by atoms with Crippen LogP contribution in [-0.2, 0) is 0 Å². The maximum absolute atomic E-state index is 9.77. The summed E-state index contributed by atoms with van der Waals surface area (Å²) >= 11 is 3.50. The lowest BCUT2D eigenvalue weighted by atomic mass is 9.74. The van der Waals surface area contributed by atoms with Gasteiger partial charge >= 0.3 is 0 Å². The predicted octanol–water partition coefficient (Wildman–Crippen LogP) is 2.30. The van der Waals surface area contributed by atoms with Crippen LogP contribution < -0.4 is 0 Å². The summed E-state index contributed by atoms with van der Waals surface area (Å²) in [6.07, 6.45) is 2.51. The van der Waals surface area contributed by atoms with Crippen molar-refractivity contribution in [3.05, 3.63) is 34.3 Å². The first kappa shape index (κ1) is 14.5. The molecular weight excluding hydrogens is 316 g/mol. The highest BCUT2D eigenvalue weighted by Gasteiger charge is 2.48. The number of hydrogen-bond donors (Lipinski definition) is 1. The average molecular weight is 339 g/mol. The van der Waals surface area contributed by atoms with Crippen molar-refractivity contribution in [2.45, 2.75) is 30.8 Å². The Balaban J connectivity index is 1.83. The molecule has 3 atom stereocenters. The quantitative estimate of drug-likeness (QED) is 0.896. The van der Waals surface area contributed by atoms with Gasteiger partial charge in [-0.05, 0) is 50.7 Å². The van der Waals surface area contributed by atoms with Crippen molar-refractivity contribution >= 4 is 15.9 Å². The molecule has 0 saturated carbocycles. The molecule has 1 aromatic carbocycles. The third-order valence-electron chi connectivity index (χ3n) is 4.83. The monoisotopic (exact) mass is 338 g/mol. The molecule has 2 fully saturated rings. The number of aliphatic hydroxyl groups is 1. The molecule has 0 aromatic heterocycles. The van der Waals surface area contributed by atoms with Crippen LogP contribution in [0.3, 0.4) is 0 Å². The predicted molar refractivity (Wildman–Crippen MR) is 85.0 cm³/mol. The number of likely N-dealkylation sites (N-methyl/N-ethyl adjacent to an activating group) is 1. The normalized spacial score (nSPS) is 32.0. The topological polar surface area (TPSA) is 26.7 Å². The maximum atomic E-state index is 9.77. The molecule has 4 heteroatoms. The fourth-order valence-electron chi connectivity index (χ4n) is 3.80. The van der Waals surface area contributed by atoms with Crippen LogP contribution in [0.5, 0.6) is 0 Å². The highest BCUT2D eigenvalue weighted by molar-refractivity contribution is 9.10. The molecule has 1 aromatic rings. The van der Waals surface area contributed by atoms with Crippen LogP contribution in [0.25, 0.3) is 0 Å². The van der Waals surface area contributed by atoms with Crippen LogP contribution in [0, 0.1) is 0 Å². The van der Waals surface area contributed by atoms with Gasteiger partial charge in [0.2, 0.25) is 0 Å². The molecule has 3 rings (SSSR count). The summed E-state index contributed by atoms with van der Waals surface area (Å²) in [5, 5.41) is 9.77. The van der Waals surface area contributed by atoms with E-state index in [1.165, 1.54) is 24.9 Å². The molecule has 0 amide bonds. The molecule has 2 aliphatic rings. The highest BCUT2D eigenvalue weighted by Crippen LogP contribution is 2.41. The summed E-state index contributed by atoms with van der Waals surface area (Å²) in [4.78, 5) is 4.96. The Morgan fingerprint density at radius 3 is 2.60 bits per heavy atom. The van der Waals surface area contributed by atoms with Crippen molar-refractivity contribution in [1.29, 1.82) is 0 Å². The fraction of sp³-hybridized carbons (Fsp3) is 0.625. The van der Waals surface area contributed by atoms with Gasteiger partial charge in [0.25, 0.3) is 0 Å². The lowest BCUT2D eigenvalue weighted by Crippen LogP contribution is -2.67. The minimum absolute atomic E-state index is 0.265. The first-order valence-corrected chi connectivity index (χ1v) is 8.30. The Hall–Kier alpha value is -0.420. The zero-order valence-corrected chi connectivity index (χ0v) is 13.6. The maximum Gasteiger partial charge on any atom is 0.0593 e. The van der Waals surface area contributed by atoms with E-state index in [4.69, 9.17) is 0 Å². The molecule has 0 radical (unpaired) electrons. The Morgan fingerprint density at radius 1 is 1.20 bits per heavy atom. The second-order valence-electron chi connectivity index (χ2n) is 6.10. The fourth-order valence-corrected chi connectivity index (χ4v) is 4.06. The summed E-state index contributed by atoms with van der Waals surface area (Å²) in [6.45, 7) is 3.70. The first-order chi connectivity index (χ1) is 9.70. The van der Waals surface area contributed by atoms with Gasteiger partial charge < -0.3 is 10.0 Å². The zero-order valence-electron chi connectivity index (χ0n) is 12.0. The molecule has 3 unspecified atom stereocenters. The molecule has 110 valence electrons. The van der Waals surface area contributed by atoms with E-state index in [1.807, 2.05) is 0 Å². The number of nitrogens with zero attached hydrogens (tertiary/aromatic N) is 2. The van der Waals surface area contributed by atoms with Gasteiger partial charge in [-0.3, -0.25) is 4.90 Å². The van der Waals surface area contributed by atoms with Crippen LogP contribution in [0.4, 0.5) is 0 Å². The van der Waals surface area contributed by atoms with E-state index in [0.29, 0.717) is 18.0 Å². The van der Waals surface area contributed by atoms with Crippen molar-refractivity contribution in [1.82, 2.24) is 9.80 Å². The van der Waals surface area contributed by atoms with Gasteiger partial charge in [0.1, 0.15) is 0 Å². The van der Waals surface area contributed by atoms with E-state index in [9.17, 15) is 5.11 Å². The van der Waals surface area contributed by atoms with Gasteiger partial charge in [0, 0.05) is 29.0 Å². The molecule has 2 heterocycles. The Morgan fingerprint density at radius 2 is 1.90 bits per heavy atom. The van der Waals surface area contributed by atoms with Crippen LogP contribution in [0.1, 0.15) is 24.3 Å². The zero-order chi connectivity index (χ0) is 14.1. The molecule has 3 nitrogen and oxygen atoms in total. The molecule has 1 N–H and O–H groups in total. The lowest BCUT2D eigenvalue weighted by Gasteiger charge is -2.57. The third-order valence-corrected chi connectivity index (χ3v) is 5.36. The summed E-state index contributed by atoms with van der Waals surface area (Å²) in [5.74, 6) is 0.466. The van der Waals surface area contributed by atoms with Crippen LogP contribution >= 0.6 is 15.9 Å². The van der Waals surface area contributed by atoms with E-state index in [-0.39, 0.29) is 6.61 Å². The van der Waals surface area contributed by atoms with Gasteiger partial charge in [0.05, 0.1) is 6.61 Å². The molecule has 0 aliphatic carbocycles. The number of fused-ring (bicyclic) bond motifs is 1. The summed E-state index contributed by atoms with van der Waals surface area (Å²) in [6, 6.07) is 9.48. The first-order valence-electron chi connectivity index (χ1n) is 7.51. The molecule has 20 heavy (non-hydrogen) atoms. The Labute approximate surface area is 129 Å². The molecule has 2 aliphatic heterocycles. The van der Waals surface area contributed by atoms with E-state index in [0.717, 1.165) is 17.6 Å². The number of aliphatic hydroxyl groups excluding tert-OH is 1. The number of benzene rings is 1. The van der Waals surface area contributed by atoms with Crippen molar-refractivity contribution in [3.8, 4) is 0 Å². The van der Waals surface area contributed by atoms with Gasteiger partial charge in [0.15, 0.2) is 0 Å². The number of rotatable bonds is 2. The molecular formula is C16H23BrN2O. The molecule has 0 spiro atoms. The summed E-state index contributed by atoms with van der Waals surface area (Å²) < 4.78 is 1.12. The third kappa shape index (κ3) is 2.67. The van der Waals surface area contributed by atoms with Crippen LogP contribution in [0.15, 0.2) is 28.7 Å². The van der Waals surface area contributed by atoms with Crippen LogP contribution in [0.2, 0.25) is 0 Å². The number of halogens is 1. The lowest BCUT2D eigenvalue weighted by molar-refractivity contribution is -0.0614. The van der Waals surface area contributed by atoms with Crippen molar-refractivity contribution in [2.24, 2.45) is 0 Å². The molecule has 0 bridgehead atoms. The highest BCUT2D eigenvalue weighted by atomic mass is 79.9. The Bertz CT molecular complexity index is 450. The van der Waals surface area contributed by atoms with E-state index in [1.54, 1.807) is 0 Å². The largest absolute Gasteiger partial charge is 0.395 e. The standard InChI is InChI=1S/C16H23BrN2O/c1-18-8-2-3-9-19-14(10-18)16(15(19)11-20)12-4-6-13(17)7-5-12/h4-7,14-16,20H,2-3,8-11H2,1H3. The van der Waals surface area contributed by atoms with Crippen LogP contribution in [-0.4, -0.2) is 60.3 Å². The van der Waals surface area contributed by atoms with E-state index >= 15 is 0 Å². The summed E-state index contributed by atoms with van der Waals surface area (Å²) in [7, 11) is 2.22. The average Bonchev–Trinajstić information content (AvgIpc) is 2.42. The second kappa shape index (κ2) is 6.14. The van der Waals surface area contributed by atoms with Gasteiger partial charge in [-0.2, -0.15) is 0 Å². The smallest absolute Gasteiger partial charge is 0.0593 e. The van der Waals surface area contributed by atoms with Crippen molar-refractivity contribution < 1.29 is 5.11 Å². The minimum atomic E-state index is 0.265. The van der Waals surface area contributed by atoms with E-state index < -0.39 is 0 Å². The molecule has 2 saturated heterocycles.